The van der Waals surface area contributed by atoms with Crippen molar-refractivity contribution in [2.24, 2.45) is 0 Å². The smallest absolute Gasteiger partial charge is 0.333 e. The average Bonchev–Trinajstić information content (AvgIpc) is 2.49. The van der Waals surface area contributed by atoms with Crippen LogP contribution in [0.5, 0.6) is 5.75 Å². The highest BCUT2D eigenvalue weighted by Gasteiger charge is 2.35. The molecule has 0 aliphatic carbocycles. The number of halogens is 1. The van der Waals surface area contributed by atoms with Gasteiger partial charge in [0.25, 0.3) is 0 Å². The third kappa shape index (κ3) is 3.36. The van der Waals surface area contributed by atoms with Crippen LogP contribution in [-0.4, -0.2) is 18.2 Å². The van der Waals surface area contributed by atoms with Crippen molar-refractivity contribution in [2.45, 2.75) is 12.5 Å². The number of benzene rings is 2. The standard InChI is InChI=1S/C16H16BrNO3/c1-16(15(19)20,11-4-3-5-14(10-11)21-2)18-13-8-6-12(17)7-9-13/h3-10,18H,1-2H3,(H,19,20). The summed E-state index contributed by atoms with van der Waals surface area (Å²) < 4.78 is 6.11. The summed E-state index contributed by atoms with van der Waals surface area (Å²) in [6.45, 7) is 1.63. The minimum atomic E-state index is -1.25. The number of hydrogen-bond acceptors (Lipinski definition) is 3. The van der Waals surface area contributed by atoms with Crippen molar-refractivity contribution in [3.63, 3.8) is 0 Å². The molecule has 1 atom stereocenters. The van der Waals surface area contributed by atoms with E-state index in [1.807, 2.05) is 24.3 Å². The van der Waals surface area contributed by atoms with Crippen molar-refractivity contribution >= 4 is 27.6 Å². The number of carboxylic acid groups (broad SMARTS) is 1. The van der Waals surface area contributed by atoms with Gasteiger partial charge in [-0.1, -0.05) is 28.1 Å². The zero-order chi connectivity index (χ0) is 15.5. The molecule has 110 valence electrons. The molecule has 0 fully saturated rings. The van der Waals surface area contributed by atoms with Crippen LogP contribution in [0.3, 0.4) is 0 Å². The molecule has 0 aliphatic rings. The van der Waals surface area contributed by atoms with Crippen molar-refractivity contribution < 1.29 is 14.6 Å². The molecule has 2 aromatic carbocycles. The molecule has 0 radical (unpaired) electrons. The zero-order valence-corrected chi connectivity index (χ0v) is 13.3. The number of methoxy groups -OCH3 is 1. The van der Waals surface area contributed by atoms with Crippen molar-refractivity contribution in [3.05, 3.63) is 58.6 Å². The van der Waals surface area contributed by atoms with E-state index in [0.717, 1.165) is 10.2 Å². The molecule has 0 saturated heterocycles. The fraction of sp³-hybridized carbons (Fsp3) is 0.188. The molecule has 0 spiro atoms. The van der Waals surface area contributed by atoms with Gasteiger partial charge in [-0.15, -0.1) is 0 Å². The maximum atomic E-state index is 11.8. The van der Waals surface area contributed by atoms with Crippen LogP contribution in [0, 0.1) is 0 Å². The fourth-order valence-corrected chi connectivity index (χ4v) is 2.27. The summed E-state index contributed by atoms with van der Waals surface area (Å²) in [5.74, 6) is -0.337. The number of hydrogen-bond donors (Lipinski definition) is 2. The lowest BCUT2D eigenvalue weighted by Gasteiger charge is -2.28. The Morgan fingerprint density at radius 3 is 2.48 bits per heavy atom. The largest absolute Gasteiger partial charge is 0.497 e. The van der Waals surface area contributed by atoms with Gasteiger partial charge in [0.1, 0.15) is 5.75 Å². The first-order valence-corrected chi connectivity index (χ1v) is 7.16. The van der Waals surface area contributed by atoms with Gasteiger partial charge in [-0.25, -0.2) is 4.79 Å². The summed E-state index contributed by atoms with van der Waals surface area (Å²) in [6, 6.07) is 14.4. The summed E-state index contributed by atoms with van der Waals surface area (Å²) in [4.78, 5) is 11.8. The predicted molar refractivity (Wildman–Crippen MR) is 85.7 cm³/mol. The molecule has 5 heteroatoms. The normalized spacial score (nSPS) is 13.3. The minimum absolute atomic E-state index is 0.622. The summed E-state index contributed by atoms with van der Waals surface area (Å²) in [6.07, 6.45) is 0. The summed E-state index contributed by atoms with van der Waals surface area (Å²) in [5.41, 5.74) is 0.103. The van der Waals surface area contributed by atoms with Gasteiger partial charge in [0, 0.05) is 10.2 Å². The lowest BCUT2D eigenvalue weighted by Crippen LogP contribution is -2.40. The third-order valence-electron chi connectivity index (χ3n) is 3.31. The number of anilines is 1. The topological polar surface area (TPSA) is 58.6 Å². The number of aliphatic carboxylic acids is 1. The van der Waals surface area contributed by atoms with E-state index >= 15 is 0 Å². The SMILES string of the molecule is COc1cccc(C(C)(Nc2ccc(Br)cc2)C(=O)O)c1. The molecule has 0 saturated carbocycles. The maximum Gasteiger partial charge on any atom is 0.333 e. The van der Waals surface area contributed by atoms with E-state index in [4.69, 9.17) is 4.74 Å². The van der Waals surface area contributed by atoms with Gasteiger partial charge >= 0.3 is 5.97 Å². The Morgan fingerprint density at radius 2 is 1.90 bits per heavy atom. The molecule has 21 heavy (non-hydrogen) atoms. The van der Waals surface area contributed by atoms with Gasteiger partial charge in [-0.2, -0.15) is 0 Å². The van der Waals surface area contributed by atoms with E-state index in [9.17, 15) is 9.90 Å². The van der Waals surface area contributed by atoms with E-state index in [2.05, 4.69) is 21.2 Å². The molecule has 2 aromatic rings. The quantitative estimate of drug-likeness (QED) is 0.860. The monoisotopic (exact) mass is 349 g/mol. The van der Waals surface area contributed by atoms with Crippen LogP contribution < -0.4 is 10.1 Å². The first kappa shape index (κ1) is 15.4. The number of carbonyl (C=O) groups is 1. The molecule has 1 unspecified atom stereocenters. The van der Waals surface area contributed by atoms with Crippen molar-refractivity contribution in [2.75, 3.05) is 12.4 Å². The van der Waals surface area contributed by atoms with Crippen LogP contribution in [0.1, 0.15) is 12.5 Å². The highest BCUT2D eigenvalue weighted by atomic mass is 79.9. The number of nitrogens with one attached hydrogen (secondary N) is 1. The molecule has 2 rings (SSSR count). The first-order valence-electron chi connectivity index (χ1n) is 6.37. The molecular formula is C16H16BrNO3. The second kappa shape index (κ2) is 6.18. The van der Waals surface area contributed by atoms with Gasteiger partial charge in [-0.05, 0) is 48.9 Å². The summed E-state index contributed by atoms with van der Waals surface area (Å²) >= 11 is 3.36. The molecule has 0 bridgehead atoms. The van der Waals surface area contributed by atoms with E-state index in [0.29, 0.717) is 11.3 Å². The molecule has 0 aliphatic heterocycles. The second-order valence-electron chi connectivity index (χ2n) is 4.79. The van der Waals surface area contributed by atoms with Crippen LogP contribution in [0.2, 0.25) is 0 Å². The maximum absolute atomic E-state index is 11.8. The molecule has 0 aromatic heterocycles. The summed E-state index contributed by atoms with van der Waals surface area (Å²) in [5, 5.41) is 12.7. The van der Waals surface area contributed by atoms with Crippen LogP contribution in [0.4, 0.5) is 5.69 Å². The van der Waals surface area contributed by atoms with E-state index in [-0.39, 0.29) is 0 Å². The zero-order valence-electron chi connectivity index (χ0n) is 11.8. The lowest BCUT2D eigenvalue weighted by atomic mass is 9.91. The Hall–Kier alpha value is -2.01. The molecule has 0 amide bonds. The van der Waals surface area contributed by atoms with Crippen molar-refractivity contribution in [1.82, 2.24) is 0 Å². The van der Waals surface area contributed by atoms with Gasteiger partial charge in [-0.3, -0.25) is 0 Å². The van der Waals surface area contributed by atoms with E-state index in [1.165, 1.54) is 0 Å². The predicted octanol–water partition coefficient (Wildman–Crippen LogP) is 3.87. The van der Waals surface area contributed by atoms with E-state index < -0.39 is 11.5 Å². The lowest BCUT2D eigenvalue weighted by molar-refractivity contribution is -0.142. The van der Waals surface area contributed by atoms with Crippen LogP contribution >= 0.6 is 15.9 Å². The first-order chi connectivity index (χ1) is 9.95. The minimum Gasteiger partial charge on any atom is -0.497 e. The Morgan fingerprint density at radius 1 is 1.24 bits per heavy atom. The number of rotatable bonds is 5. The Labute approximate surface area is 131 Å². The van der Waals surface area contributed by atoms with E-state index in [1.54, 1.807) is 38.3 Å². The third-order valence-corrected chi connectivity index (χ3v) is 3.84. The summed E-state index contributed by atoms with van der Waals surface area (Å²) in [7, 11) is 1.55. The Kier molecular flexibility index (Phi) is 4.53. The fourth-order valence-electron chi connectivity index (χ4n) is 2.01. The Bertz CT molecular complexity index is 642. The highest BCUT2D eigenvalue weighted by molar-refractivity contribution is 9.10. The van der Waals surface area contributed by atoms with Gasteiger partial charge < -0.3 is 15.2 Å². The van der Waals surface area contributed by atoms with Crippen molar-refractivity contribution in [1.29, 1.82) is 0 Å². The highest BCUT2D eigenvalue weighted by Crippen LogP contribution is 2.29. The molecular weight excluding hydrogens is 334 g/mol. The van der Waals surface area contributed by atoms with Gasteiger partial charge in [0.2, 0.25) is 0 Å². The molecule has 2 N–H and O–H groups in total. The van der Waals surface area contributed by atoms with Crippen LogP contribution in [-0.2, 0) is 10.3 Å². The average molecular weight is 350 g/mol. The number of carboxylic acids is 1. The second-order valence-corrected chi connectivity index (χ2v) is 5.71. The Balaban J connectivity index is 2.39. The van der Waals surface area contributed by atoms with Gasteiger partial charge in [0.05, 0.1) is 7.11 Å². The molecule has 0 heterocycles. The van der Waals surface area contributed by atoms with Crippen LogP contribution in [0.25, 0.3) is 0 Å². The van der Waals surface area contributed by atoms with Gasteiger partial charge in [0.15, 0.2) is 5.54 Å². The molecule has 4 nitrogen and oxygen atoms in total. The number of ether oxygens (including phenoxy) is 1. The van der Waals surface area contributed by atoms with Crippen LogP contribution in [0.15, 0.2) is 53.0 Å². The van der Waals surface area contributed by atoms with Crippen molar-refractivity contribution in [3.8, 4) is 5.75 Å².